The molecule has 1 aromatic carbocycles. The standard InChI is InChI=1S/C10H13BrClNO2/c1-6(5-14)13-4-7-2-8(11)3-9(12)10(7)15/h2-3,6,13-15H,4-5H2,1H3/t6-/m0/s1. The van der Waals surface area contributed by atoms with Crippen LogP contribution in [0.1, 0.15) is 12.5 Å². The van der Waals surface area contributed by atoms with Crippen LogP contribution in [0.2, 0.25) is 5.02 Å². The molecule has 1 aromatic rings. The minimum absolute atomic E-state index is 0.0119. The quantitative estimate of drug-likeness (QED) is 0.798. The summed E-state index contributed by atoms with van der Waals surface area (Å²) in [7, 11) is 0. The molecule has 0 aliphatic heterocycles. The number of hydrogen-bond donors (Lipinski definition) is 3. The molecule has 0 aromatic heterocycles. The summed E-state index contributed by atoms with van der Waals surface area (Å²) in [5.41, 5.74) is 0.703. The van der Waals surface area contributed by atoms with Gasteiger partial charge in [0.15, 0.2) is 0 Å². The fourth-order valence-electron chi connectivity index (χ4n) is 1.10. The number of aliphatic hydroxyl groups excluding tert-OH is 1. The van der Waals surface area contributed by atoms with E-state index in [0.717, 1.165) is 4.47 Å². The van der Waals surface area contributed by atoms with E-state index in [1.807, 2.05) is 6.92 Å². The van der Waals surface area contributed by atoms with E-state index in [4.69, 9.17) is 16.7 Å². The number of phenols is 1. The third-order valence-electron chi connectivity index (χ3n) is 2.02. The molecule has 15 heavy (non-hydrogen) atoms. The molecule has 0 heterocycles. The van der Waals surface area contributed by atoms with Gasteiger partial charge in [-0.1, -0.05) is 27.5 Å². The maximum atomic E-state index is 9.65. The molecule has 0 fully saturated rings. The average Bonchev–Trinajstić information content (AvgIpc) is 2.20. The molecule has 1 rings (SSSR count). The molecule has 3 nitrogen and oxygen atoms in total. The molecule has 0 aliphatic rings. The second-order valence-electron chi connectivity index (χ2n) is 3.36. The molecule has 84 valence electrons. The topological polar surface area (TPSA) is 52.5 Å². The Morgan fingerprint density at radius 2 is 2.20 bits per heavy atom. The van der Waals surface area contributed by atoms with Crippen molar-refractivity contribution < 1.29 is 10.2 Å². The summed E-state index contributed by atoms with van der Waals surface area (Å²) in [6, 6.07) is 3.41. The second kappa shape index (κ2) is 5.70. The number of halogens is 2. The zero-order chi connectivity index (χ0) is 11.4. The zero-order valence-electron chi connectivity index (χ0n) is 8.30. The fourth-order valence-corrected chi connectivity index (χ4v) is 1.98. The van der Waals surface area contributed by atoms with Gasteiger partial charge in [0.2, 0.25) is 0 Å². The molecule has 0 spiro atoms. The number of nitrogens with one attached hydrogen (secondary N) is 1. The molecule has 0 aliphatic carbocycles. The van der Waals surface area contributed by atoms with Gasteiger partial charge in [0, 0.05) is 22.6 Å². The molecule has 0 bridgehead atoms. The molecule has 3 N–H and O–H groups in total. The van der Waals surface area contributed by atoms with Crippen molar-refractivity contribution >= 4 is 27.5 Å². The van der Waals surface area contributed by atoms with Gasteiger partial charge in [-0.2, -0.15) is 0 Å². The van der Waals surface area contributed by atoms with Gasteiger partial charge >= 0.3 is 0 Å². The highest BCUT2D eigenvalue weighted by molar-refractivity contribution is 9.10. The minimum atomic E-state index is -0.0119. The summed E-state index contributed by atoms with van der Waals surface area (Å²) in [5, 5.41) is 21.9. The third-order valence-corrected chi connectivity index (χ3v) is 2.77. The molecule has 1 atom stereocenters. The van der Waals surface area contributed by atoms with Gasteiger partial charge in [-0.15, -0.1) is 0 Å². The third kappa shape index (κ3) is 3.65. The second-order valence-corrected chi connectivity index (χ2v) is 4.68. The van der Waals surface area contributed by atoms with Crippen LogP contribution < -0.4 is 5.32 Å². The van der Waals surface area contributed by atoms with Crippen LogP contribution in [0.5, 0.6) is 5.75 Å². The summed E-state index contributed by atoms with van der Waals surface area (Å²) in [5.74, 6) is 0.0810. The van der Waals surface area contributed by atoms with Crippen LogP contribution >= 0.6 is 27.5 Å². The molecule has 0 amide bonds. The highest BCUT2D eigenvalue weighted by Gasteiger charge is 2.08. The lowest BCUT2D eigenvalue weighted by Crippen LogP contribution is -2.28. The molecule has 5 heteroatoms. The molecule has 0 saturated heterocycles. The Bertz CT molecular complexity index is 346. The number of hydrogen-bond acceptors (Lipinski definition) is 3. The Balaban J connectivity index is 2.76. The summed E-state index contributed by atoms with van der Waals surface area (Å²) in [4.78, 5) is 0. The number of benzene rings is 1. The zero-order valence-corrected chi connectivity index (χ0v) is 10.6. The van der Waals surface area contributed by atoms with Gasteiger partial charge in [-0.3, -0.25) is 0 Å². The van der Waals surface area contributed by atoms with Gasteiger partial charge in [0.25, 0.3) is 0 Å². The Labute approximate surface area is 102 Å². The maximum Gasteiger partial charge on any atom is 0.138 e. The molecule has 0 radical (unpaired) electrons. The first-order valence-electron chi connectivity index (χ1n) is 4.55. The lowest BCUT2D eigenvalue weighted by Gasteiger charge is -2.12. The normalized spacial score (nSPS) is 12.8. The van der Waals surface area contributed by atoms with E-state index in [0.29, 0.717) is 17.1 Å². The minimum Gasteiger partial charge on any atom is -0.506 e. The predicted octanol–water partition coefficient (Wildman–Crippen LogP) is 2.28. The van der Waals surface area contributed by atoms with E-state index in [-0.39, 0.29) is 18.4 Å². The van der Waals surface area contributed by atoms with Crippen molar-refractivity contribution in [1.82, 2.24) is 5.32 Å². The van der Waals surface area contributed by atoms with Crippen LogP contribution in [0.3, 0.4) is 0 Å². The van der Waals surface area contributed by atoms with E-state index in [1.54, 1.807) is 12.1 Å². The van der Waals surface area contributed by atoms with Crippen LogP contribution in [0.15, 0.2) is 16.6 Å². The van der Waals surface area contributed by atoms with Crippen molar-refractivity contribution in [2.75, 3.05) is 6.61 Å². The lowest BCUT2D eigenvalue weighted by atomic mass is 10.2. The highest BCUT2D eigenvalue weighted by atomic mass is 79.9. The average molecular weight is 295 g/mol. The smallest absolute Gasteiger partial charge is 0.138 e. The Hall–Kier alpha value is -0.290. The molecule has 0 unspecified atom stereocenters. The lowest BCUT2D eigenvalue weighted by molar-refractivity contribution is 0.250. The van der Waals surface area contributed by atoms with Crippen molar-refractivity contribution in [3.8, 4) is 5.75 Å². The number of aromatic hydroxyl groups is 1. The first kappa shape index (κ1) is 12.8. The van der Waals surface area contributed by atoms with E-state index in [1.165, 1.54) is 0 Å². The van der Waals surface area contributed by atoms with Crippen LogP contribution in [0.25, 0.3) is 0 Å². The molecule has 0 saturated carbocycles. The Morgan fingerprint density at radius 1 is 1.53 bits per heavy atom. The van der Waals surface area contributed by atoms with Gasteiger partial charge in [-0.25, -0.2) is 0 Å². The van der Waals surface area contributed by atoms with Crippen molar-refractivity contribution in [2.45, 2.75) is 19.5 Å². The highest BCUT2D eigenvalue weighted by Crippen LogP contribution is 2.31. The van der Waals surface area contributed by atoms with E-state index in [9.17, 15) is 5.11 Å². The van der Waals surface area contributed by atoms with Crippen LogP contribution in [-0.4, -0.2) is 22.9 Å². The Morgan fingerprint density at radius 3 is 2.80 bits per heavy atom. The SMILES string of the molecule is C[C@@H](CO)NCc1cc(Br)cc(Cl)c1O. The first-order valence-corrected chi connectivity index (χ1v) is 5.72. The summed E-state index contributed by atoms with van der Waals surface area (Å²) >= 11 is 9.11. The van der Waals surface area contributed by atoms with Crippen LogP contribution in [-0.2, 0) is 6.54 Å². The van der Waals surface area contributed by atoms with E-state index >= 15 is 0 Å². The largest absolute Gasteiger partial charge is 0.506 e. The van der Waals surface area contributed by atoms with Crippen molar-refractivity contribution in [2.24, 2.45) is 0 Å². The fraction of sp³-hybridized carbons (Fsp3) is 0.400. The Kier molecular flexibility index (Phi) is 4.86. The van der Waals surface area contributed by atoms with Crippen molar-refractivity contribution in [3.63, 3.8) is 0 Å². The van der Waals surface area contributed by atoms with Crippen molar-refractivity contribution in [3.05, 3.63) is 27.2 Å². The molecular formula is C10H13BrClNO2. The van der Waals surface area contributed by atoms with Crippen LogP contribution in [0.4, 0.5) is 0 Å². The summed E-state index contributed by atoms with van der Waals surface area (Å²) < 4.78 is 0.818. The predicted molar refractivity (Wildman–Crippen MR) is 64.2 cm³/mol. The first-order chi connectivity index (χ1) is 7.04. The maximum absolute atomic E-state index is 9.65. The molecular weight excluding hydrogens is 281 g/mol. The number of rotatable bonds is 4. The van der Waals surface area contributed by atoms with E-state index in [2.05, 4.69) is 21.2 Å². The van der Waals surface area contributed by atoms with Gasteiger partial charge < -0.3 is 15.5 Å². The van der Waals surface area contributed by atoms with Crippen LogP contribution in [0, 0.1) is 0 Å². The van der Waals surface area contributed by atoms with E-state index < -0.39 is 0 Å². The van der Waals surface area contributed by atoms with Gasteiger partial charge in [-0.05, 0) is 19.1 Å². The number of phenolic OH excluding ortho intramolecular Hbond substituents is 1. The van der Waals surface area contributed by atoms with Crippen molar-refractivity contribution in [1.29, 1.82) is 0 Å². The number of aliphatic hydroxyl groups is 1. The monoisotopic (exact) mass is 293 g/mol. The van der Waals surface area contributed by atoms with Gasteiger partial charge in [0.05, 0.1) is 11.6 Å². The summed E-state index contributed by atoms with van der Waals surface area (Å²) in [6.07, 6.45) is 0. The van der Waals surface area contributed by atoms with Gasteiger partial charge in [0.1, 0.15) is 5.75 Å². The summed E-state index contributed by atoms with van der Waals surface area (Å²) in [6.45, 7) is 2.38.